The number of benzene rings is 2. The molecular formula is C24H24N2O2S. The Bertz CT molecular complexity index is 1020. The van der Waals surface area contributed by atoms with E-state index < -0.39 is 0 Å². The molecule has 3 rings (SSSR count). The van der Waals surface area contributed by atoms with Gasteiger partial charge in [-0.2, -0.15) is 0 Å². The van der Waals surface area contributed by atoms with Crippen LogP contribution in [0.25, 0.3) is 0 Å². The van der Waals surface area contributed by atoms with Gasteiger partial charge < -0.3 is 5.32 Å². The Balaban J connectivity index is 1.80. The molecule has 1 N–H and O–H groups in total. The summed E-state index contributed by atoms with van der Waals surface area (Å²) in [6.45, 7) is 5.88. The first kappa shape index (κ1) is 20.8. The Morgan fingerprint density at radius 2 is 1.69 bits per heavy atom. The van der Waals surface area contributed by atoms with Crippen LogP contribution in [0.4, 0.5) is 5.69 Å². The number of pyridine rings is 1. The van der Waals surface area contributed by atoms with Crippen molar-refractivity contribution in [3.63, 3.8) is 0 Å². The Morgan fingerprint density at radius 1 is 1.00 bits per heavy atom. The predicted molar refractivity (Wildman–Crippen MR) is 119 cm³/mol. The number of nitrogens with zero attached hydrogens (tertiary/aromatic N) is 1. The number of rotatable bonds is 7. The maximum Gasteiger partial charge on any atom is 0.258 e. The number of carbonyl (C=O) groups excluding carboxylic acids is 2. The number of Topliss-reactive ketones (excluding diaryl/α,β-unsaturated/α-hetero) is 1. The van der Waals surface area contributed by atoms with Gasteiger partial charge in [0.1, 0.15) is 5.03 Å². The first-order valence-electron chi connectivity index (χ1n) is 9.57. The molecule has 1 amide bonds. The third kappa shape index (κ3) is 5.33. The van der Waals surface area contributed by atoms with E-state index in [0.29, 0.717) is 16.2 Å². The molecule has 0 saturated heterocycles. The quantitative estimate of drug-likeness (QED) is 0.418. The van der Waals surface area contributed by atoms with E-state index in [-0.39, 0.29) is 17.4 Å². The molecule has 0 aliphatic heterocycles. The van der Waals surface area contributed by atoms with Gasteiger partial charge in [0.05, 0.1) is 11.3 Å². The molecule has 0 saturated carbocycles. The SMILES string of the molecule is CCc1ccc(NC(=O)c2c(C)cc(C)nc2SCC(=O)c2ccccc2)cc1. The predicted octanol–water partition coefficient (Wildman–Crippen LogP) is 5.49. The van der Waals surface area contributed by atoms with Crippen molar-refractivity contribution >= 4 is 29.1 Å². The van der Waals surface area contributed by atoms with Gasteiger partial charge in [-0.25, -0.2) is 4.98 Å². The maximum absolute atomic E-state index is 13.0. The second kappa shape index (κ2) is 9.52. The molecule has 3 aromatic rings. The van der Waals surface area contributed by atoms with Gasteiger partial charge >= 0.3 is 0 Å². The lowest BCUT2D eigenvalue weighted by atomic mass is 10.1. The van der Waals surface area contributed by atoms with E-state index in [2.05, 4.69) is 17.2 Å². The number of hydrogen-bond donors (Lipinski definition) is 1. The zero-order valence-electron chi connectivity index (χ0n) is 16.9. The Labute approximate surface area is 175 Å². The van der Waals surface area contributed by atoms with E-state index in [1.807, 2.05) is 62.4 Å². The zero-order valence-corrected chi connectivity index (χ0v) is 17.7. The molecule has 1 heterocycles. The smallest absolute Gasteiger partial charge is 0.258 e. The average molecular weight is 405 g/mol. The third-order valence-corrected chi connectivity index (χ3v) is 5.57. The molecule has 0 spiro atoms. The van der Waals surface area contributed by atoms with E-state index in [1.54, 1.807) is 12.1 Å². The summed E-state index contributed by atoms with van der Waals surface area (Å²) in [5, 5.41) is 3.53. The number of nitrogens with one attached hydrogen (secondary N) is 1. The lowest BCUT2D eigenvalue weighted by Gasteiger charge is -2.13. The Kier molecular flexibility index (Phi) is 6.83. The number of aromatic nitrogens is 1. The minimum atomic E-state index is -0.214. The standard InChI is InChI=1S/C24H24N2O2S/c1-4-18-10-12-20(13-11-18)26-23(28)22-16(2)14-17(3)25-24(22)29-15-21(27)19-8-6-5-7-9-19/h5-14H,4,15H2,1-3H3,(H,26,28). The van der Waals surface area contributed by atoms with Crippen LogP contribution in [0, 0.1) is 13.8 Å². The normalized spacial score (nSPS) is 10.6. The zero-order chi connectivity index (χ0) is 20.8. The molecule has 29 heavy (non-hydrogen) atoms. The topological polar surface area (TPSA) is 59.1 Å². The van der Waals surface area contributed by atoms with Crippen molar-refractivity contribution in [1.29, 1.82) is 0 Å². The van der Waals surface area contributed by atoms with E-state index in [1.165, 1.54) is 17.3 Å². The number of anilines is 1. The summed E-state index contributed by atoms with van der Waals surface area (Å²) < 4.78 is 0. The van der Waals surface area contributed by atoms with Gasteiger partial charge in [0.2, 0.25) is 0 Å². The van der Waals surface area contributed by atoms with Gasteiger partial charge in [0.25, 0.3) is 5.91 Å². The number of aryl methyl sites for hydroxylation is 3. The highest BCUT2D eigenvalue weighted by Crippen LogP contribution is 2.26. The first-order valence-corrected chi connectivity index (χ1v) is 10.6. The second-order valence-corrected chi connectivity index (χ2v) is 7.81. The van der Waals surface area contributed by atoms with E-state index in [9.17, 15) is 9.59 Å². The highest BCUT2D eigenvalue weighted by molar-refractivity contribution is 8.00. The van der Waals surface area contributed by atoms with Crippen molar-refractivity contribution in [3.05, 3.63) is 88.6 Å². The van der Waals surface area contributed by atoms with Gasteiger partial charge in [-0.15, -0.1) is 0 Å². The van der Waals surface area contributed by atoms with Crippen molar-refractivity contribution in [2.45, 2.75) is 32.2 Å². The minimum absolute atomic E-state index is 0.0121. The summed E-state index contributed by atoms with van der Waals surface area (Å²) in [6, 6.07) is 18.9. The molecule has 1 aromatic heterocycles. The van der Waals surface area contributed by atoms with E-state index in [4.69, 9.17) is 0 Å². The van der Waals surface area contributed by atoms with E-state index in [0.717, 1.165) is 23.4 Å². The number of carbonyl (C=O) groups is 2. The summed E-state index contributed by atoms with van der Waals surface area (Å²) in [7, 11) is 0. The lowest BCUT2D eigenvalue weighted by Crippen LogP contribution is -2.16. The van der Waals surface area contributed by atoms with Gasteiger partial charge in [-0.05, 0) is 49.6 Å². The largest absolute Gasteiger partial charge is 0.322 e. The van der Waals surface area contributed by atoms with Gasteiger partial charge in [0, 0.05) is 16.9 Å². The molecule has 4 nitrogen and oxygen atoms in total. The van der Waals surface area contributed by atoms with Crippen molar-refractivity contribution < 1.29 is 9.59 Å². The molecule has 0 bridgehead atoms. The van der Waals surface area contributed by atoms with Gasteiger partial charge in [-0.1, -0.05) is 61.2 Å². The maximum atomic E-state index is 13.0. The van der Waals surface area contributed by atoms with Crippen LogP contribution in [0.1, 0.15) is 44.5 Å². The summed E-state index contributed by atoms with van der Waals surface area (Å²) in [5.41, 5.74) is 4.79. The lowest BCUT2D eigenvalue weighted by molar-refractivity contribution is 0.101. The molecule has 2 aromatic carbocycles. The summed E-state index contributed by atoms with van der Waals surface area (Å²) in [4.78, 5) is 30.0. The molecule has 148 valence electrons. The fourth-order valence-electron chi connectivity index (χ4n) is 3.04. The fraction of sp³-hybridized carbons (Fsp3) is 0.208. The minimum Gasteiger partial charge on any atom is -0.322 e. The van der Waals surface area contributed by atoms with Crippen LogP contribution in [-0.4, -0.2) is 22.4 Å². The van der Waals surface area contributed by atoms with Crippen LogP contribution in [-0.2, 0) is 6.42 Å². The van der Waals surface area contributed by atoms with Crippen molar-refractivity contribution in [3.8, 4) is 0 Å². The molecule has 5 heteroatoms. The molecule has 0 radical (unpaired) electrons. The number of hydrogen-bond acceptors (Lipinski definition) is 4. The van der Waals surface area contributed by atoms with Crippen LogP contribution in [0.5, 0.6) is 0 Å². The summed E-state index contributed by atoms with van der Waals surface area (Å²) >= 11 is 1.30. The molecule has 0 fully saturated rings. The molecule has 0 atom stereocenters. The van der Waals surface area contributed by atoms with Crippen molar-refractivity contribution in [2.75, 3.05) is 11.1 Å². The summed E-state index contributed by atoms with van der Waals surface area (Å²) in [5.74, 6) is 0.0257. The van der Waals surface area contributed by atoms with Gasteiger partial charge in [-0.3, -0.25) is 9.59 Å². The van der Waals surface area contributed by atoms with E-state index >= 15 is 0 Å². The highest BCUT2D eigenvalue weighted by Gasteiger charge is 2.19. The van der Waals surface area contributed by atoms with Crippen molar-refractivity contribution in [2.24, 2.45) is 0 Å². The number of ketones is 1. The van der Waals surface area contributed by atoms with Crippen LogP contribution in [0.3, 0.4) is 0 Å². The molecule has 0 aliphatic carbocycles. The highest BCUT2D eigenvalue weighted by atomic mass is 32.2. The van der Waals surface area contributed by atoms with Crippen LogP contribution < -0.4 is 5.32 Å². The number of thioether (sulfide) groups is 1. The number of amides is 1. The second-order valence-electron chi connectivity index (χ2n) is 6.84. The monoisotopic (exact) mass is 404 g/mol. The average Bonchev–Trinajstić information content (AvgIpc) is 2.72. The summed E-state index contributed by atoms with van der Waals surface area (Å²) in [6.07, 6.45) is 0.950. The third-order valence-electron chi connectivity index (χ3n) is 4.59. The Morgan fingerprint density at radius 3 is 2.34 bits per heavy atom. The van der Waals surface area contributed by atoms with Crippen LogP contribution in [0.2, 0.25) is 0 Å². The molecule has 0 aliphatic rings. The van der Waals surface area contributed by atoms with Crippen LogP contribution in [0.15, 0.2) is 65.7 Å². The van der Waals surface area contributed by atoms with Crippen molar-refractivity contribution in [1.82, 2.24) is 4.98 Å². The molecular weight excluding hydrogens is 380 g/mol. The van der Waals surface area contributed by atoms with Crippen LogP contribution >= 0.6 is 11.8 Å². The molecule has 0 unspecified atom stereocenters. The fourth-order valence-corrected chi connectivity index (χ4v) is 4.08. The van der Waals surface area contributed by atoms with Gasteiger partial charge in [0.15, 0.2) is 5.78 Å². The first-order chi connectivity index (χ1) is 14.0. The Hall–Kier alpha value is -2.92.